The average molecular weight is 749 g/mol. The number of hydrogen-bond donors (Lipinski definition) is 4. The molecule has 0 aromatic carbocycles. The second kappa shape index (κ2) is 20.5. The molecule has 12 atom stereocenters. The summed E-state index contributed by atoms with van der Waals surface area (Å²) in [6.45, 7) is 12.4. The summed E-state index contributed by atoms with van der Waals surface area (Å²) in [5.41, 5.74) is 1.12. The van der Waals surface area contributed by atoms with Crippen molar-refractivity contribution < 1.29 is 48.3 Å². The molecular weight excluding hydrogens is 680 g/mol. The number of rotatable bonds is 20. The van der Waals surface area contributed by atoms with E-state index < -0.39 is 23.8 Å². The van der Waals surface area contributed by atoms with Crippen LogP contribution in [0.4, 0.5) is 0 Å². The SMILES string of the molecule is CC(=CC(C)CCC1CCCC2(CCC(C)C(CCCNC(=O)C(C)C(O)CNC(=O)CC3OC(CC(=O)C4OC4C)CCC3C)O2)O1)CCC(=O)O. The number of carbonyl (C=O) groups excluding carboxylic acids is 3. The molecule has 4 aliphatic rings. The first-order chi connectivity index (χ1) is 25.1. The van der Waals surface area contributed by atoms with Gasteiger partial charge in [0.1, 0.15) is 6.10 Å². The minimum Gasteiger partial charge on any atom is -0.481 e. The molecule has 0 radical (unpaired) electrons. The van der Waals surface area contributed by atoms with E-state index in [0.29, 0.717) is 31.2 Å². The highest BCUT2D eigenvalue weighted by Crippen LogP contribution is 2.43. The third-order valence-electron chi connectivity index (χ3n) is 11.9. The molecule has 1 spiro atoms. The van der Waals surface area contributed by atoms with E-state index in [1.54, 1.807) is 6.92 Å². The molecule has 0 bridgehead atoms. The van der Waals surface area contributed by atoms with Crippen LogP contribution in [0.3, 0.4) is 0 Å². The Labute approximate surface area is 316 Å². The maximum Gasteiger partial charge on any atom is 0.303 e. The lowest BCUT2D eigenvalue weighted by Gasteiger charge is -2.48. The lowest BCUT2D eigenvalue weighted by Crippen LogP contribution is -2.50. The molecular formula is C41H68N2O10. The molecule has 12 heteroatoms. The maximum absolute atomic E-state index is 12.9. The molecule has 302 valence electrons. The summed E-state index contributed by atoms with van der Waals surface area (Å²) >= 11 is 0. The van der Waals surface area contributed by atoms with Gasteiger partial charge >= 0.3 is 5.97 Å². The number of nitrogens with one attached hydrogen (secondary N) is 2. The molecule has 4 fully saturated rings. The van der Waals surface area contributed by atoms with Crippen LogP contribution in [0.1, 0.15) is 138 Å². The van der Waals surface area contributed by atoms with Gasteiger partial charge in [0.15, 0.2) is 11.6 Å². The van der Waals surface area contributed by atoms with Gasteiger partial charge in [-0.25, -0.2) is 0 Å². The normalized spacial score (nSPS) is 33.5. The minimum atomic E-state index is -1.03. The zero-order valence-electron chi connectivity index (χ0n) is 33.1. The standard InChI is InChI=1S/C41H68N2O10/c1-25(21-26(2)12-16-38(47)48)11-14-31-9-7-18-41(52-31)19-17-28(4)35(53-41)10-8-20-42-40(49)29(5)34(45)24-43-37(46)23-36-27(3)13-15-32(51-36)22-33(44)39-30(6)50-39/h21,25,27-32,34-36,39,45H,7-20,22-24H2,1-6H3,(H,42,49)(H,43,46)(H,47,48). The number of ketones is 1. The number of allylic oxidation sites excluding steroid dienone is 2. The number of Topliss-reactive ketones (excluding diaryl/α,β-unsaturated/α-hetero) is 1. The van der Waals surface area contributed by atoms with Crippen LogP contribution in [0.5, 0.6) is 0 Å². The van der Waals surface area contributed by atoms with Crippen LogP contribution in [-0.4, -0.2) is 95.4 Å². The number of aliphatic hydroxyl groups is 1. The van der Waals surface area contributed by atoms with Crippen molar-refractivity contribution in [2.24, 2.45) is 23.7 Å². The molecule has 12 nitrogen and oxygen atoms in total. The van der Waals surface area contributed by atoms with Gasteiger partial charge < -0.3 is 39.8 Å². The zero-order valence-corrected chi connectivity index (χ0v) is 33.1. The van der Waals surface area contributed by atoms with Gasteiger partial charge in [0.05, 0.1) is 49.0 Å². The number of ether oxygens (including phenoxy) is 4. The van der Waals surface area contributed by atoms with Crippen LogP contribution in [0.15, 0.2) is 11.6 Å². The van der Waals surface area contributed by atoms with Crippen LogP contribution >= 0.6 is 0 Å². The smallest absolute Gasteiger partial charge is 0.303 e. The number of aliphatic hydroxyl groups excluding tert-OH is 1. The number of amides is 2. The van der Waals surface area contributed by atoms with Crippen LogP contribution in [0.2, 0.25) is 0 Å². The van der Waals surface area contributed by atoms with E-state index in [2.05, 4.69) is 30.6 Å². The Morgan fingerprint density at radius 1 is 0.868 bits per heavy atom. The largest absolute Gasteiger partial charge is 0.481 e. The number of hydrogen-bond acceptors (Lipinski definition) is 9. The van der Waals surface area contributed by atoms with E-state index in [-0.39, 0.29) is 79.5 Å². The predicted octanol–water partition coefficient (Wildman–Crippen LogP) is 5.62. The van der Waals surface area contributed by atoms with E-state index >= 15 is 0 Å². The highest BCUT2D eigenvalue weighted by molar-refractivity contribution is 5.86. The fourth-order valence-electron chi connectivity index (χ4n) is 8.18. The molecule has 4 rings (SSSR count). The van der Waals surface area contributed by atoms with Gasteiger partial charge in [0.25, 0.3) is 0 Å². The van der Waals surface area contributed by atoms with Crippen molar-refractivity contribution in [3.63, 3.8) is 0 Å². The van der Waals surface area contributed by atoms with Gasteiger partial charge in [0, 0.05) is 38.8 Å². The number of carboxylic acid groups (broad SMARTS) is 1. The van der Waals surface area contributed by atoms with Crippen molar-refractivity contribution in [2.45, 2.75) is 186 Å². The monoisotopic (exact) mass is 748 g/mol. The van der Waals surface area contributed by atoms with Crippen LogP contribution < -0.4 is 10.6 Å². The fraction of sp³-hybridized carbons (Fsp3) is 0.854. The highest BCUT2D eigenvalue weighted by atomic mass is 16.7. The fourth-order valence-corrected chi connectivity index (χ4v) is 8.18. The Balaban J connectivity index is 1.12. The second-order valence-electron chi connectivity index (χ2n) is 16.8. The molecule has 0 aliphatic carbocycles. The molecule has 53 heavy (non-hydrogen) atoms. The lowest BCUT2D eigenvalue weighted by molar-refractivity contribution is -0.324. The van der Waals surface area contributed by atoms with Crippen LogP contribution in [-0.2, 0) is 38.1 Å². The van der Waals surface area contributed by atoms with E-state index in [0.717, 1.165) is 76.2 Å². The Kier molecular flexibility index (Phi) is 16.8. The van der Waals surface area contributed by atoms with Gasteiger partial charge in [-0.1, -0.05) is 39.3 Å². The maximum atomic E-state index is 12.9. The Hall–Kier alpha value is -2.38. The number of epoxide rings is 1. The number of carboxylic acids is 1. The van der Waals surface area contributed by atoms with Crippen molar-refractivity contribution in [3.8, 4) is 0 Å². The van der Waals surface area contributed by atoms with Gasteiger partial charge in [0.2, 0.25) is 11.8 Å². The third-order valence-corrected chi connectivity index (χ3v) is 11.9. The molecule has 0 aromatic heterocycles. The Bertz CT molecular complexity index is 1260. The third kappa shape index (κ3) is 14.0. The van der Waals surface area contributed by atoms with E-state index in [4.69, 9.17) is 24.1 Å². The van der Waals surface area contributed by atoms with E-state index in [1.165, 1.54) is 0 Å². The molecule has 12 unspecified atom stereocenters. The average Bonchev–Trinajstić information content (AvgIpc) is 3.86. The summed E-state index contributed by atoms with van der Waals surface area (Å²) in [6.07, 6.45) is 11.7. The lowest BCUT2D eigenvalue weighted by atomic mass is 9.85. The van der Waals surface area contributed by atoms with Crippen LogP contribution in [0, 0.1) is 23.7 Å². The Morgan fingerprint density at radius 3 is 2.32 bits per heavy atom. The number of carbonyl (C=O) groups is 4. The van der Waals surface area contributed by atoms with Crippen molar-refractivity contribution in [3.05, 3.63) is 11.6 Å². The van der Waals surface area contributed by atoms with Crippen molar-refractivity contribution in [2.75, 3.05) is 13.1 Å². The van der Waals surface area contributed by atoms with Crippen LogP contribution in [0.25, 0.3) is 0 Å². The summed E-state index contributed by atoms with van der Waals surface area (Å²) in [7, 11) is 0. The van der Waals surface area contributed by atoms with Crippen molar-refractivity contribution in [1.82, 2.24) is 10.6 Å². The summed E-state index contributed by atoms with van der Waals surface area (Å²) in [5.74, 6) is -1.54. The first-order valence-corrected chi connectivity index (χ1v) is 20.5. The summed E-state index contributed by atoms with van der Waals surface area (Å²) in [5, 5.41) is 25.4. The van der Waals surface area contributed by atoms with Gasteiger partial charge in [-0.2, -0.15) is 0 Å². The first-order valence-electron chi connectivity index (χ1n) is 20.5. The van der Waals surface area contributed by atoms with Gasteiger partial charge in [-0.3, -0.25) is 19.2 Å². The zero-order chi connectivity index (χ0) is 38.7. The van der Waals surface area contributed by atoms with Gasteiger partial charge in [-0.15, -0.1) is 0 Å². The molecule has 2 amide bonds. The predicted molar refractivity (Wildman–Crippen MR) is 200 cm³/mol. The van der Waals surface area contributed by atoms with Gasteiger partial charge in [-0.05, 0) is 95.8 Å². The molecule has 0 aromatic rings. The topological polar surface area (TPSA) is 173 Å². The first kappa shape index (κ1) is 43.3. The molecule has 4 saturated heterocycles. The summed E-state index contributed by atoms with van der Waals surface area (Å²) in [4.78, 5) is 48.9. The molecule has 0 saturated carbocycles. The highest BCUT2D eigenvalue weighted by Gasteiger charge is 2.45. The summed E-state index contributed by atoms with van der Waals surface area (Å²) in [6, 6.07) is 0. The minimum absolute atomic E-state index is 0.0216. The molecule has 4 aliphatic heterocycles. The van der Waals surface area contributed by atoms with Crippen molar-refractivity contribution >= 4 is 23.6 Å². The second-order valence-corrected chi connectivity index (χ2v) is 16.8. The summed E-state index contributed by atoms with van der Waals surface area (Å²) < 4.78 is 24.8. The van der Waals surface area contributed by atoms with Crippen molar-refractivity contribution in [1.29, 1.82) is 0 Å². The molecule has 4 N–H and O–H groups in total. The molecule has 4 heterocycles. The Morgan fingerprint density at radius 2 is 1.60 bits per heavy atom. The quantitative estimate of drug-likeness (QED) is 0.0695. The van der Waals surface area contributed by atoms with E-state index in [9.17, 15) is 24.3 Å². The number of aliphatic carboxylic acids is 1. The van der Waals surface area contributed by atoms with E-state index in [1.807, 2.05) is 20.8 Å².